The van der Waals surface area contributed by atoms with E-state index in [4.69, 9.17) is 11.5 Å². The van der Waals surface area contributed by atoms with Crippen molar-refractivity contribution in [2.24, 2.45) is 16.5 Å². The molecular weight excluding hydrogens is 278 g/mol. The molecule has 7 nitrogen and oxygen atoms in total. The zero-order chi connectivity index (χ0) is 14.5. The Labute approximate surface area is 117 Å². The molecule has 1 aromatic carbocycles. The first-order valence-corrected chi connectivity index (χ1v) is 7.45. The van der Waals surface area contributed by atoms with Gasteiger partial charge in [-0.2, -0.15) is 4.31 Å². The highest BCUT2D eigenvalue weighted by Gasteiger charge is 2.35. The lowest BCUT2D eigenvalue weighted by Crippen LogP contribution is -2.49. The van der Waals surface area contributed by atoms with Crippen molar-refractivity contribution in [3.8, 4) is 0 Å². The number of fused-ring (bicyclic) bond motifs is 1. The summed E-state index contributed by atoms with van der Waals surface area (Å²) in [6.07, 6.45) is 3.18. The summed E-state index contributed by atoms with van der Waals surface area (Å²) < 4.78 is 25.7. The third-order valence-corrected chi connectivity index (χ3v) is 5.34. The normalized spacial score (nSPS) is 27.8. The molecule has 0 saturated heterocycles. The van der Waals surface area contributed by atoms with Gasteiger partial charge in [-0.1, -0.05) is 12.1 Å². The minimum absolute atomic E-state index is 0.271. The predicted molar refractivity (Wildman–Crippen MR) is 74.9 cm³/mol. The minimum atomic E-state index is -3.43. The van der Waals surface area contributed by atoms with Gasteiger partial charge in [-0.25, -0.2) is 13.4 Å². The first-order chi connectivity index (χ1) is 9.33. The Bertz CT molecular complexity index is 740. The maximum atomic E-state index is 12.2. The van der Waals surface area contributed by atoms with Crippen LogP contribution in [0.15, 0.2) is 40.4 Å². The highest BCUT2D eigenvalue weighted by molar-refractivity contribution is 7.89. The second-order valence-corrected chi connectivity index (χ2v) is 6.88. The van der Waals surface area contributed by atoms with Crippen LogP contribution in [-0.4, -0.2) is 25.6 Å². The van der Waals surface area contributed by atoms with E-state index in [1.165, 1.54) is 4.31 Å². The number of aliphatic imine (C=N–C) groups is 1. The van der Waals surface area contributed by atoms with Gasteiger partial charge in [0.25, 0.3) is 0 Å². The Hall–Kier alpha value is -1.90. The molecule has 2 aliphatic rings. The van der Waals surface area contributed by atoms with E-state index in [0.717, 1.165) is 5.56 Å². The molecule has 1 atom stereocenters. The lowest BCUT2D eigenvalue weighted by molar-refractivity contribution is 0.409. The molecule has 1 unspecified atom stereocenters. The summed E-state index contributed by atoms with van der Waals surface area (Å²) >= 11 is 0. The van der Waals surface area contributed by atoms with E-state index in [9.17, 15) is 8.42 Å². The van der Waals surface area contributed by atoms with E-state index in [1.54, 1.807) is 37.5 Å². The van der Waals surface area contributed by atoms with Crippen LogP contribution in [-0.2, 0) is 22.4 Å². The van der Waals surface area contributed by atoms with Crippen LogP contribution in [0, 0.1) is 0 Å². The monoisotopic (exact) mass is 293 g/mol. The predicted octanol–water partition coefficient (Wildman–Crippen LogP) is -0.636. The Morgan fingerprint density at radius 1 is 1.45 bits per heavy atom. The third kappa shape index (κ3) is 1.80. The van der Waals surface area contributed by atoms with Crippen molar-refractivity contribution in [1.29, 1.82) is 0 Å². The topological polar surface area (TPSA) is 114 Å². The van der Waals surface area contributed by atoms with Gasteiger partial charge in [0.05, 0.1) is 4.90 Å². The van der Waals surface area contributed by atoms with Crippen LogP contribution >= 0.6 is 0 Å². The molecule has 106 valence electrons. The van der Waals surface area contributed by atoms with Gasteiger partial charge in [0.15, 0.2) is 0 Å². The largest absolute Gasteiger partial charge is 0.384 e. The van der Waals surface area contributed by atoms with Gasteiger partial charge < -0.3 is 11.1 Å². The molecule has 0 fully saturated rings. The number of nitrogens with two attached hydrogens (primary N) is 2. The van der Waals surface area contributed by atoms with Gasteiger partial charge in [-0.15, -0.1) is 0 Å². The number of hydrogen-bond acceptors (Lipinski definition) is 6. The summed E-state index contributed by atoms with van der Waals surface area (Å²) in [7, 11) is -1.89. The van der Waals surface area contributed by atoms with Crippen molar-refractivity contribution in [3.05, 3.63) is 41.6 Å². The molecule has 2 aliphatic heterocycles. The lowest BCUT2D eigenvalue weighted by atomic mass is 10.1. The molecule has 8 heteroatoms. The molecule has 2 heterocycles. The number of rotatable bonds is 1. The molecule has 0 aliphatic carbocycles. The SMILES string of the molecule is CN1Cc2ccc(C3(N)N=C(N)C=CN3)cc2S1(=O)=O. The molecule has 0 radical (unpaired) electrons. The molecule has 1 aromatic rings. The fourth-order valence-corrected chi connectivity index (χ4v) is 3.71. The van der Waals surface area contributed by atoms with E-state index < -0.39 is 15.8 Å². The fourth-order valence-electron chi connectivity index (χ4n) is 2.33. The van der Waals surface area contributed by atoms with E-state index in [-0.39, 0.29) is 10.7 Å². The second-order valence-electron chi connectivity index (χ2n) is 4.86. The smallest absolute Gasteiger partial charge is 0.243 e. The molecule has 0 bridgehead atoms. The van der Waals surface area contributed by atoms with Gasteiger partial charge in [0.1, 0.15) is 5.84 Å². The van der Waals surface area contributed by atoms with Crippen LogP contribution in [0.25, 0.3) is 0 Å². The van der Waals surface area contributed by atoms with Crippen molar-refractivity contribution < 1.29 is 8.42 Å². The van der Waals surface area contributed by atoms with E-state index >= 15 is 0 Å². The number of nitrogens with zero attached hydrogens (tertiary/aromatic N) is 2. The maximum Gasteiger partial charge on any atom is 0.243 e. The average molecular weight is 293 g/mol. The van der Waals surface area contributed by atoms with E-state index in [2.05, 4.69) is 10.3 Å². The van der Waals surface area contributed by atoms with Crippen molar-refractivity contribution in [1.82, 2.24) is 9.62 Å². The highest BCUT2D eigenvalue weighted by atomic mass is 32.2. The molecule has 0 spiro atoms. The number of hydrogen-bond donors (Lipinski definition) is 3. The lowest BCUT2D eigenvalue weighted by Gasteiger charge is -2.29. The van der Waals surface area contributed by atoms with Crippen LogP contribution in [0.1, 0.15) is 11.1 Å². The number of amidine groups is 1. The van der Waals surface area contributed by atoms with Crippen molar-refractivity contribution in [2.45, 2.75) is 17.2 Å². The summed E-state index contributed by atoms with van der Waals surface area (Å²) in [6.45, 7) is 0.369. The first-order valence-electron chi connectivity index (χ1n) is 6.01. The molecule has 5 N–H and O–H groups in total. The van der Waals surface area contributed by atoms with Crippen LogP contribution in [0.3, 0.4) is 0 Å². The average Bonchev–Trinajstić information content (AvgIpc) is 2.60. The van der Waals surface area contributed by atoms with Crippen LogP contribution in [0.5, 0.6) is 0 Å². The molecule has 20 heavy (non-hydrogen) atoms. The molecule has 3 rings (SSSR count). The van der Waals surface area contributed by atoms with E-state index in [1.807, 2.05) is 0 Å². The van der Waals surface area contributed by atoms with Crippen LogP contribution in [0.4, 0.5) is 0 Å². The Morgan fingerprint density at radius 3 is 2.90 bits per heavy atom. The van der Waals surface area contributed by atoms with Crippen LogP contribution in [0.2, 0.25) is 0 Å². The Balaban J connectivity index is 2.12. The van der Waals surface area contributed by atoms with Crippen molar-refractivity contribution in [3.63, 3.8) is 0 Å². The molecule has 0 saturated carbocycles. The number of nitrogens with one attached hydrogen (secondary N) is 1. The highest BCUT2D eigenvalue weighted by Crippen LogP contribution is 2.32. The first kappa shape index (κ1) is 13.1. The Morgan fingerprint density at radius 2 is 2.20 bits per heavy atom. The summed E-state index contributed by atoms with van der Waals surface area (Å²) in [4.78, 5) is 4.41. The maximum absolute atomic E-state index is 12.2. The van der Waals surface area contributed by atoms with E-state index in [0.29, 0.717) is 12.1 Å². The van der Waals surface area contributed by atoms with Gasteiger partial charge in [-0.05, 0) is 17.7 Å². The van der Waals surface area contributed by atoms with Gasteiger partial charge in [-0.3, -0.25) is 5.73 Å². The van der Waals surface area contributed by atoms with Crippen LogP contribution < -0.4 is 16.8 Å². The van der Waals surface area contributed by atoms with Gasteiger partial charge in [0, 0.05) is 25.4 Å². The quantitative estimate of drug-likeness (QED) is 0.637. The number of sulfonamides is 1. The van der Waals surface area contributed by atoms with Crippen molar-refractivity contribution >= 4 is 15.9 Å². The van der Waals surface area contributed by atoms with Gasteiger partial charge in [0.2, 0.25) is 15.8 Å². The third-order valence-electron chi connectivity index (χ3n) is 3.45. The minimum Gasteiger partial charge on any atom is -0.384 e. The van der Waals surface area contributed by atoms with Crippen molar-refractivity contribution in [2.75, 3.05) is 7.05 Å². The Kier molecular flexibility index (Phi) is 2.65. The summed E-state index contributed by atoms with van der Waals surface area (Å²) in [5, 5.41) is 2.89. The molecule has 0 amide bonds. The fraction of sp³-hybridized carbons (Fsp3) is 0.250. The standard InChI is InChI=1S/C12H15N5O2S/c1-17-7-8-2-3-9(6-10(8)20(17,18)19)12(14)15-5-4-11(13)16-12/h2-6,15H,7,14H2,1H3,(H2,13,16). The number of benzene rings is 1. The zero-order valence-corrected chi connectivity index (χ0v) is 11.7. The summed E-state index contributed by atoms with van der Waals surface area (Å²) in [5.41, 5.74) is 13.1. The summed E-state index contributed by atoms with van der Waals surface area (Å²) in [6, 6.07) is 5.07. The molecular formula is C12H15N5O2S. The molecule has 0 aromatic heterocycles. The van der Waals surface area contributed by atoms with Gasteiger partial charge >= 0.3 is 0 Å². The second kappa shape index (κ2) is 4.05. The summed E-state index contributed by atoms with van der Waals surface area (Å²) in [5.74, 6) is -0.961. The zero-order valence-electron chi connectivity index (χ0n) is 10.9.